The molecular formula is C12H20N2O. The number of anilines is 1. The molecule has 3 nitrogen and oxygen atoms in total. The van der Waals surface area contributed by atoms with Crippen molar-refractivity contribution in [2.75, 3.05) is 32.1 Å². The van der Waals surface area contributed by atoms with Crippen LogP contribution in [-0.2, 0) is 4.74 Å². The second-order valence-corrected chi connectivity index (χ2v) is 3.76. The quantitative estimate of drug-likeness (QED) is 0.795. The fraction of sp³-hybridized carbons (Fsp3) is 0.500. The highest BCUT2D eigenvalue weighted by atomic mass is 16.5. The Bertz CT molecular complexity index is 297. The first-order valence-corrected chi connectivity index (χ1v) is 5.18. The third-order valence-corrected chi connectivity index (χ3v) is 2.60. The number of rotatable bonds is 5. The number of nitrogens with zero attached hydrogens (tertiary/aromatic N) is 1. The van der Waals surface area contributed by atoms with E-state index in [4.69, 9.17) is 10.5 Å². The third-order valence-electron chi connectivity index (χ3n) is 2.60. The van der Waals surface area contributed by atoms with Crippen molar-refractivity contribution < 1.29 is 4.74 Å². The molecular weight excluding hydrogens is 188 g/mol. The first-order chi connectivity index (χ1) is 7.19. The fourth-order valence-corrected chi connectivity index (χ4v) is 1.64. The summed E-state index contributed by atoms with van der Waals surface area (Å²) in [6, 6.07) is 8.31. The second kappa shape index (κ2) is 5.73. The summed E-state index contributed by atoms with van der Waals surface area (Å²) >= 11 is 0. The number of hydrogen-bond acceptors (Lipinski definition) is 3. The van der Waals surface area contributed by atoms with Gasteiger partial charge < -0.3 is 15.4 Å². The van der Waals surface area contributed by atoms with Gasteiger partial charge in [-0.25, -0.2) is 0 Å². The lowest BCUT2D eigenvalue weighted by Gasteiger charge is -2.25. The minimum absolute atomic E-state index is 0.0922. The highest BCUT2D eigenvalue weighted by Crippen LogP contribution is 2.17. The van der Waals surface area contributed by atoms with E-state index in [1.165, 1.54) is 11.3 Å². The van der Waals surface area contributed by atoms with Gasteiger partial charge in [0.15, 0.2) is 0 Å². The lowest BCUT2D eigenvalue weighted by molar-refractivity contribution is 0.115. The summed E-state index contributed by atoms with van der Waals surface area (Å²) in [5.74, 6) is 0. The second-order valence-electron chi connectivity index (χ2n) is 3.76. The summed E-state index contributed by atoms with van der Waals surface area (Å²) < 4.78 is 5.26. The zero-order chi connectivity index (χ0) is 11.3. The van der Waals surface area contributed by atoms with E-state index in [1.54, 1.807) is 7.11 Å². The zero-order valence-electron chi connectivity index (χ0n) is 9.73. The summed E-state index contributed by atoms with van der Waals surface area (Å²) in [7, 11) is 3.76. The highest BCUT2D eigenvalue weighted by Gasteiger charge is 2.10. The van der Waals surface area contributed by atoms with Crippen LogP contribution in [-0.4, -0.2) is 33.4 Å². The predicted molar refractivity (Wildman–Crippen MR) is 64.3 cm³/mol. The summed E-state index contributed by atoms with van der Waals surface area (Å²) in [5, 5.41) is 0. The van der Waals surface area contributed by atoms with Crippen molar-refractivity contribution in [1.29, 1.82) is 0 Å². The van der Waals surface area contributed by atoms with Crippen molar-refractivity contribution in [2.45, 2.75) is 13.0 Å². The van der Waals surface area contributed by atoms with Crippen LogP contribution in [0.4, 0.5) is 5.69 Å². The lowest BCUT2D eigenvalue weighted by Crippen LogP contribution is -2.35. The Morgan fingerprint density at radius 3 is 2.60 bits per heavy atom. The fourth-order valence-electron chi connectivity index (χ4n) is 1.64. The van der Waals surface area contributed by atoms with E-state index >= 15 is 0 Å². The molecule has 0 bridgehead atoms. The number of methoxy groups -OCH3 is 1. The van der Waals surface area contributed by atoms with Gasteiger partial charge in [-0.15, -0.1) is 0 Å². The highest BCUT2D eigenvalue weighted by molar-refractivity contribution is 5.52. The Kier molecular flexibility index (Phi) is 4.59. The molecule has 1 atom stereocenters. The van der Waals surface area contributed by atoms with Crippen molar-refractivity contribution in [1.82, 2.24) is 0 Å². The maximum atomic E-state index is 5.60. The summed E-state index contributed by atoms with van der Waals surface area (Å²) in [6.07, 6.45) is 0.0922. The Hall–Kier alpha value is -1.06. The van der Waals surface area contributed by atoms with Crippen LogP contribution in [0.3, 0.4) is 0 Å². The molecule has 0 heterocycles. The van der Waals surface area contributed by atoms with Crippen molar-refractivity contribution in [3.05, 3.63) is 29.8 Å². The number of aryl methyl sites for hydroxylation is 1. The number of hydrogen-bond donors (Lipinski definition) is 1. The molecule has 84 valence electrons. The predicted octanol–water partition coefficient (Wildman–Crippen LogP) is 1.40. The Morgan fingerprint density at radius 1 is 1.40 bits per heavy atom. The number of para-hydroxylation sites is 1. The lowest BCUT2D eigenvalue weighted by atomic mass is 10.2. The summed E-state index contributed by atoms with van der Waals surface area (Å²) in [4.78, 5) is 2.18. The molecule has 0 saturated carbocycles. The van der Waals surface area contributed by atoms with Crippen molar-refractivity contribution in [3.8, 4) is 0 Å². The minimum atomic E-state index is 0.0922. The Balaban J connectivity index is 2.68. The largest absolute Gasteiger partial charge is 0.378 e. The van der Waals surface area contributed by atoms with Crippen molar-refractivity contribution in [2.24, 2.45) is 5.73 Å². The van der Waals surface area contributed by atoms with Crippen LogP contribution >= 0.6 is 0 Å². The summed E-state index contributed by atoms with van der Waals surface area (Å²) in [6.45, 7) is 3.47. The number of likely N-dealkylation sites (N-methyl/N-ethyl adjacent to an activating group) is 1. The minimum Gasteiger partial charge on any atom is -0.378 e. The van der Waals surface area contributed by atoms with E-state index in [2.05, 4.69) is 31.0 Å². The normalized spacial score (nSPS) is 12.5. The van der Waals surface area contributed by atoms with Gasteiger partial charge in [0.05, 0.1) is 6.10 Å². The van der Waals surface area contributed by atoms with E-state index in [-0.39, 0.29) is 6.10 Å². The van der Waals surface area contributed by atoms with Gasteiger partial charge in [0.1, 0.15) is 0 Å². The molecule has 0 aliphatic heterocycles. The first kappa shape index (κ1) is 12.0. The molecule has 0 fully saturated rings. The first-order valence-electron chi connectivity index (χ1n) is 5.18. The maximum Gasteiger partial charge on any atom is 0.0867 e. The molecule has 0 radical (unpaired) electrons. The average molecular weight is 208 g/mol. The molecule has 0 aliphatic rings. The van der Waals surface area contributed by atoms with Gasteiger partial charge in [-0.05, 0) is 18.6 Å². The van der Waals surface area contributed by atoms with E-state index in [1.807, 2.05) is 12.1 Å². The van der Waals surface area contributed by atoms with Crippen LogP contribution in [0.1, 0.15) is 5.56 Å². The van der Waals surface area contributed by atoms with Crippen LogP contribution in [0.15, 0.2) is 24.3 Å². The van der Waals surface area contributed by atoms with E-state index in [9.17, 15) is 0 Å². The van der Waals surface area contributed by atoms with Gasteiger partial charge in [0.2, 0.25) is 0 Å². The monoisotopic (exact) mass is 208 g/mol. The SMILES string of the molecule is COC(CN)CN(C)c1ccccc1C. The molecule has 1 rings (SSSR count). The van der Waals surface area contributed by atoms with Crippen LogP contribution in [0.25, 0.3) is 0 Å². The molecule has 0 spiro atoms. The van der Waals surface area contributed by atoms with Crippen LogP contribution in [0.5, 0.6) is 0 Å². The third kappa shape index (κ3) is 3.22. The average Bonchev–Trinajstić information content (AvgIpc) is 2.26. The number of benzene rings is 1. The van der Waals surface area contributed by atoms with Gasteiger partial charge in [-0.3, -0.25) is 0 Å². The molecule has 2 N–H and O–H groups in total. The molecule has 3 heteroatoms. The molecule has 15 heavy (non-hydrogen) atoms. The van der Waals surface area contributed by atoms with Gasteiger partial charge in [0.25, 0.3) is 0 Å². The standard InChI is InChI=1S/C12H20N2O/c1-10-6-4-5-7-12(10)14(2)9-11(8-13)15-3/h4-7,11H,8-9,13H2,1-3H3. The number of ether oxygens (including phenoxy) is 1. The van der Waals surface area contributed by atoms with Crippen LogP contribution < -0.4 is 10.6 Å². The van der Waals surface area contributed by atoms with Crippen LogP contribution in [0, 0.1) is 6.92 Å². The smallest absolute Gasteiger partial charge is 0.0867 e. The zero-order valence-corrected chi connectivity index (χ0v) is 9.73. The maximum absolute atomic E-state index is 5.60. The molecule has 0 amide bonds. The van der Waals surface area contributed by atoms with Crippen LogP contribution in [0.2, 0.25) is 0 Å². The molecule has 1 aromatic rings. The van der Waals surface area contributed by atoms with Gasteiger partial charge >= 0.3 is 0 Å². The van der Waals surface area contributed by atoms with E-state index in [0.29, 0.717) is 6.54 Å². The van der Waals surface area contributed by atoms with Crippen molar-refractivity contribution in [3.63, 3.8) is 0 Å². The molecule has 1 aromatic carbocycles. The van der Waals surface area contributed by atoms with E-state index < -0.39 is 0 Å². The van der Waals surface area contributed by atoms with Crippen molar-refractivity contribution >= 4 is 5.69 Å². The van der Waals surface area contributed by atoms with E-state index in [0.717, 1.165) is 6.54 Å². The summed E-state index contributed by atoms with van der Waals surface area (Å²) in [5.41, 5.74) is 8.10. The molecule has 0 saturated heterocycles. The Morgan fingerprint density at radius 2 is 2.07 bits per heavy atom. The Labute approximate surface area is 91.8 Å². The molecule has 0 aromatic heterocycles. The van der Waals surface area contributed by atoms with Gasteiger partial charge in [-0.1, -0.05) is 18.2 Å². The topological polar surface area (TPSA) is 38.5 Å². The van der Waals surface area contributed by atoms with Gasteiger partial charge in [-0.2, -0.15) is 0 Å². The van der Waals surface area contributed by atoms with Gasteiger partial charge in [0, 0.05) is 32.9 Å². The molecule has 1 unspecified atom stereocenters. The molecule has 0 aliphatic carbocycles. The number of nitrogens with two attached hydrogens (primary N) is 1.